The number of rotatable bonds is 3. The molecule has 1 atom stereocenters. The Morgan fingerprint density at radius 3 is 2.52 bits per heavy atom. The second-order valence-corrected chi connectivity index (χ2v) is 10.3. The van der Waals surface area contributed by atoms with Crippen molar-refractivity contribution in [3.63, 3.8) is 0 Å². The summed E-state index contributed by atoms with van der Waals surface area (Å²) in [5, 5.41) is 5.43. The second kappa shape index (κ2) is 7.46. The molecular formula is C23H31N3O2S. The topological polar surface area (TPSA) is 54.3 Å². The van der Waals surface area contributed by atoms with Crippen molar-refractivity contribution >= 4 is 33.4 Å². The molecule has 5 nitrogen and oxygen atoms in total. The number of nitrogens with zero attached hydrogens (tertiary/aromatic N) is 2. The summed E-state index contributed by atoms with van der Waals surface area (Å²) in [6.07, 6.45) is 11.3. The van der Waals surface area contributed by atoms with E-state index in [4.69, 9.17) is 0 Å². The number of hydrogen-bond donors (Lipinski definition) is 1. The molecule has 3 heterocycles. The minimum atomic E-state index is -0.834. The van der Waals surface area contributed by atoms with Crippen molar-refractivity contribution in [1.82, 2.24) is 14.8 Å². The molecule has 2 fully saturated rings. The fraction of sp³-hybridized carbons (Fsp3) is 0.652. The molecule has 2 aromatic heterocycles. The first kappa shape index (κ1) is 19.2. The standard InChI is InChI=1S/C23H31N3O2S/c1-23(22(28)24-16-8-4-2-3-5-9-16)15-25-18-12-13-29-20(18)14-19(25)21(27)26(23)17-10-6-7-11-17/h12-14,16-17H,2-11,15H2,1H3,(H,24,28). The van der Waals surface area contributed by atoms with E-state index in [1.54, 1.807) is 11.3 Å². The highest BCUT2D eigenvalue weighted by Crippen LogP contribution is 2.39. The van der Waals surface area contributed by atoms with Gasteiger partial charge in [-0.15, -0.1) is 11.3 Å². The van der Waals surface area contributed by atoms with Crippen LogP contribution in [-0.4, -0.2) is 38.9 Å². The van der Waals surface area contributed by atoms with Gasteiger partial charge in [0.2, 0.25) is 5.91 Å². The molecule has 5 rings (SSSR count). The summed E-state index contributed by atoms with van der Waals surface area (Å²) in [6, 6.07) is 4.52. The van der Waals surface area contributed by atoms with Crippen LogP contribution in [0.1, 0.15) is 81.6 Å². The lowest BCUT2D eigenvalue weighted by Gasteiger charge is -2.47. The Labute approximate surface area is 176 Å². The summed E-state index contributed by atoms with van der Waals surface area (Å²) in [6.45, 7) is 2.54. The van der Waals surface area contributed by atoms with Crippen molar-refractivity contribution in [2.75, 3.05) is 0 Å². The number of carbonyl (C=O) groups excluding carboxylic acids is 2. The molecule has 2 amide bonds. The van der Waals surface area contributed by atoms with Crippen LogP contribution < -0.4 is 5.32 Å². The summed E-state index contributed by atoms with van der Waals surface area (Å²) in [7, 11) is 0. The summed E-state index contributed by atoms with van der Waals surface area (Å²) in [5.41, 5.74) is 0.996. The van der Waals surface area contributed by atoms with Crippen molar-refractivity contribution in [3.05, 3.63) is 23.2 Å². The van der Waals surface area contributed by atoms with E-state index in [-0.39, 0.29) is 23.9 Å². The van der Waals surface area contributed by atoms with Gasteiger partial charge in [0.25, 0.3) is 5.91 Å². The average molecular weight is 414 g/mol. The molecule has 0 bridgehead atoms. The van der Waals surface area contributed by atoms with Gasteiger partial charge in [-0.1, -0.05) is 38.5 Å². The van der Waals surface area contributed by atoms with Gasteiger partial charge in [-0.3, -0.25) is 9.59 Å². The lowest BCUT2D eigenvalue weighted by molar-refractivity contribution is -0.135. The number of aromatic nitrogens is 1. The van der Waals surface area contributed by atoms with Gasteiger partial charge < -0.3 is 14.8 Å². The van der Waals surface area contributed by atoms with E-state index in [0.29, 0.717) is 6.54 Å². The molecule has 1 unspecified atom stereocenters. The lowest BCUT2D eigenvalue weighted by atomic mass is 9.91. The largest absolute Gasteiger partial charge is 0.351 e. The van der Waals surface area contributed by atoms with Crippen LogP contribution >= 0.6 is 11.3 Å². The number of nitrogens with one attached hydrogen (secondary N) is 1. The monoisotopic (exact) mass is 413 g/mol. The first-order valence-electron chi connectivity index (χ1n) is 11.3. The third kappa shape index (κ3) is 3.20. The Morgan fingerprint density at radius 1 is 1.10 bits per heavy atom. The van der Waals surface area contributed by atoms with Gasteiger partial charge in [0.15, 0.2) is 0 Å². The predicted molar refractivity (Wildman–Crippen MR) is 116 cm³/mol. The number of hydrogen-bond acceptors (Lipinski definition) is 3. The highest BCUT2D eigenvalue weighted by atomic mass is 32.1. The molecule has 1 aliphatic heterocycles. The van der Waals surface area contributed by atoms with Crippen molar-refractivity contribution in [2.24, 2.45) is 0 Å². The van der Waals surface area contributed by atoms with Crippen LogP contribution in [0.3, 0.4) is 0 Å². The van der Waals surface area contributed by atoms with Crippen molar-refractivity contribution in [2.45, 2.75) is 95.3 Å². The van der Waals surface area contributed by atoms with Gasteiger partial charge in [0.1, 0.15) is 11.2 Å². The van der Waals surface area contributed by atoms with Crippen LogP contribution in [0, 0.1) is 0 Å². The molecule has 2 aromatic rings. The molecule has 3 aliphatic rings. The molecule has 6 heteroatoms. The molecule has 2 aliphatic carbocycles. The van der Waals surface area contributed by atoms with Crippen molar-refractivity contribution in [3.8, 4) is 0 Å². The SMILES string of the molecule is CC1(C(=O)NC2CCCCCC2)Cn2c(cc3sccc32)C(=O)N1C1CCCC1. The Hall–Kier alpha value is -1.82. The highest BCUT2D eigenvalue weighted by molar-refractivity contribution is 7.17. The van der Waals surface area contributed by atoms with Crippen LogP contribution in [0.2, 0.25) is 0 Å². The number of thiophene rings is 1. The Kier molecular flexibility index (Phi) is 4.93. The van der Waals surface area contributed by atoms with Gasteiger partial charge in [-0.05, 0) is 50.1 Å². The summed E-state index contributed by atoms with van der Waals surface area (Å²) >= 11 is 1.66. The molecule has 0 aromatic carbocycles. The highest BCUT2D eigenvalue weighted by Gasteiger charge is 2.51. The molecule has 0 saturated heterocycles. The Balaban J connectivity index is 1.51. The number of amides is 2. The number of fused-ring (bicyclic) bond motifs is 3. The zero-order chi connectivity index (χ0) is 20.0. The normalized spacial score (nSPS) is 26.7. The first-order valence-corrected chi connectivity index (χ1v) is 12.2. The van der Waals surface area contributed by atoms with Crippen molar-refractivity contribution < 1.29 is 9.59 Å². The van der Waals surface area contributed by atoms with Crippen LogP contribution in [0.5, 0.6) is 0 Å². The van der Waals surface area contributed by atoms with Gasteiger partial charge in [-0.2, -0.15) is 0 Å². The Bertz CT molecular complexity index is 918. The van der Waals surface area contributed by atoms with E-state index in [1.807, 2.05) is 17.9 Å². The van der Waals surface area contributed by atoms with Crippen LogP contribution in [0.4, 0.5) is 0 Å². The third-order valence-electron chi connectivity index (χ3n) is 7.33. The molecule has 0 radical (unpaired) electrons. The van der Waals surface area contributed by atoms with E-state index in [9.17, 15) is 9.59 Å². The molecule has 29 heavy (non-hydrogen) atoms. The predicted octanol–water partition coefficient (Wildman–Crippen LogP) is 4.70. The molecule has 156 valence electrons. The quantitative estimate of drug-likeness (QED) is 0.742. The fourth-order valence-corrected chi connectivity index (χ4v) is 6.56. The first-order chi connectivity index (χ1) is 14.1. The zero-order valence-corrected chi connectivity index (χ0v) is 18.1. The van der Waals surface area contributed by atoms with Crippen LogP contribution in [0.25, 0.3) is 10.2 Å². The molecule has 1 N–H and O–H groups in total. The zero-order valence-electron chi connectivity index (χ0n) is 17.3. The van der Waals surface area contributed by atoms with E-state index in [0.717, 1.165) is 54.4 Å². The lowest BCUT2D eigenvalue weighted by Crippen LogP contribution is -2.67. The van der Waals surface area contributed by atoms with Crippen LogP contribution in [-0.2, 0) is 11.3 Å². The van der Waals surface area contributed by atoms with Gasteiger partial charge in [-0.25, -0.2) is 0 Å². The molecule has 2 saturated carbocycles. The number of carbonyl (C=O) groups is 2. The minimum absolute atomic E-state index is 0.0325. The molecular weight excluding hydrogens is 382 g/mol. The second-order valence-electron chi connectivity index (χ2n) is 9.34. The summed E-state index contributed by atoms with van der Waals surface area (Å²) in [4.78, 5) is 29.3. The maximum atomic E-state index is 13.7. The maximum absolute atomic E-state index is 13.7. The van der Waals surface area contributed by atoms with E-state index < -0.39 is 5.54 Å². The van der Waals surface area contributed by atoms with E-state index in [2.05, 4.69) is 21.3 Å². The molecule has 0 spiro atoms. The summed E-state index contributed by atoms with van der Waals surface area (Å²) < 4.78 is 3.22. The van der Waals surface area contributed by atoms with Crippen molar-refractivity contribution in [1.29, 1.82) is 0 Å². The third-order valence-corrected chi connectivity index (χ3v) is 8.18. The van der Waals surface area contributed by atoms with E-state index >= 15 is 0 Å². The van der Waals surface area contributed by atoms with Gasteiger partial charge in [0, 0.05) is 12.1 Å². The summed E-state index contributed by atoms with van der Waals surface area (Å²) in [5.74, 6) is 0.0671. The van der Waals surface area contributed by atoms with Gasteiger partial charge in [0.05, 0.1) is 16.8 Å². The maximum Gasteiger partial charge on any atom is 0.271 e. The Morgan fingerprint density at radius 2 is 1.79 bits per heavy atom. The smallest absolute Gasteiger partial charge is 0.271 e. The minimum Gasteiger partial charge on any atom is -0.351 e. The van der Waals surface area contributed by atoms with E-state index in [1.165, 1.54) is 25.7 Å². The fourth-order valence-electron chi connectivity index (χ4n) is 5.73. The van der Waals surface area contributed by atoms with Crippen LogP contribution in [0.15, 0.2) is 17.5 Å². The van der Waals surface area contributed by atoms with Gasteiger partial charge >= 0.3 is 0 Å². The average Bonchev–Trinajstić information content (AvgIpc) is 3.39.